The van der Waals surface area contributed by atoms with Gasteiger partial charge in [0.25, 0.3) is 5.91 Å². The molecule has 1 heterocycles. The van der Waals surface area contributed by atoms with Gasteiger partial charge in [0, 0.05) is 29.8 Å². The molecule has 2 aliphatic rings. The second-order valence-corrected chi connectivity index (χ2v) is 8.72. The van der Waals surface area contributed by atoms with Crippen molar-refractivity contribution in [1.29, 1.82) is 0 Å². The molecule has 1 N–H and O–H groups in total. The maximum absolute atomic E-state index is 13.6. The summed E-state index contributed by atoms with van der Waals surface area (Å²) in [4.78, 5) is 41.6. The third kappa shape index (κ3) is 4.54. The molecule has 2 unspecified atom stereocenters. The highest BCUT2D eigenvalue weighted by Gasteiger charge is 2.44. The summed E-state index contributed by atoms with van der Waals surface area (Å²) >= 11 is 0. The number of para-hydroxylation sites is 1. The van der Waals surface area contributed by atoms with Crippen LogP contribution in [-0.4, -0.2) is 39.9 Å². The first-order valence-corrected chi connectivity index (χ1v) is 11.5. The van der Waals surface area contributed by atoms with Crippen molar-refractivity contribution >= 4 is 23.5 Å². The van der Waals surface area contributed by atoms with Crippen molar-refractivity contribution in [3.8, 4) is 0 Å². The summed E-state index contributed by atoms with van der Waals surface area (Å²) < 4.78 is 0. The monoisotopic (exact) mass is 434 g/mol. The van der Waals surface area contributed by atoms with Crippen molar-refractivity contribution in [2.24, 2.45) is 0 Å². The van der Waals surface area contributed by atoms with Crippen LogP contribution in [0.15, 0.2) is 54.6 Å². The summed E-state index contributed by atoms with van der Waals surface area (Å²) in [5.41, 5.74) is 2.48. The SMILES string of the molecule is CCCC1CC(N(C(=O)CCC(=O)O)C2CC2)c2ccccc2N1C(=O)c1ccccc1. The van der Waals surface area contributed by atoms with Crippen LogP contribution in [0.1, 0.15) is 73.8 Å². The Hall–Kier alpha value is -3.15. The van der Waals surface area contributed by atoms with Gasteiger partial charge in [0.05, 0.1) is 12.5 Å². The number of carboxylic acids is 1. The lowest BCUT2D eigenvalue weighted by atomic mass is 9.87. The fraction of sp³-hybridized carbons (Fsp3) is 0.423. The molecule has 1 aliphatic carbocycles. The highest BCUT2D eigenvalue weighted by atomic mass is 16.4. The standard InChI is InChI=1S/C26H30N2O4/c1-2-8-20-17-23(27(19-13-14-19)24(29)15-16-25(30)31)21-11-6-7-12-22(21)28(20)26(32)18-9-4-3-5-10-18/h3-7,9-12,19-20,23H,2,8,13-17H2,1H3,(H,30,31). The summed E-state index contributed by atoms with van der Waals surface area (Å²) in [5, 5.41) is 9.07. The first kappa shape index (κ1) is 22.1. The third-order valence-corrected chi connectivity index (χ3v) is 6.39. The van der Waals surface area contributed by atoms with Crippen LogP contribution in [0.2, 0.25) is 0 Å². The smallest absolute Gasteiger partial charge is 0.303 e. The van der Waals surface area contributed by atoms with E-state index in [1.807, 2.05) is 64.4 Å². The lowest BCUT2D eigenvalue weighted by Crippen LogP contribution is -2.49. The van der Waals surface area contributed by atoms with Gasteiger partial charge >= 0.3 is 5.97 Å². The summed E-state index contributed by atoms with van der Waals surface area (Å²) in [6, 6.07) is 17.2. The summed E-state index contributed by atoms with van der Waals surface area (Å²) in [7, 11) is 0. The van der Waals surface area contributed by atoms with Gasteiger partial charge in [-0.05, 0) is 49.4 Å². The van der Waals surface area contributed by atoms with E-state index in [-0.39, 0.29) is 42.8 Å². The van der Waals surface area contributed by atoms with E-state index >= 15 is 0 Å². The molecule has 168 valence electrons. The molecule has 1 saturated carbocycles. The number of amides is 2. The van der Waals surface area contributed by atoms with Crippen molar-refractivity contribution in [3.05, 3.63) is 65.7 Å². The van der Waals surface area contributed by atoms with E-state index in [2.05, 4.69) is 6.92 Å². The second kappa shape index (κ2) is 9.55. The molecule has 4 rings (SSSR count). The largest absolute Gasteiger partial charge is 0.481 e. The van der Waals surface area contributed by atoms with Gasteiger partial charge in [-0.25, -0.2) is 0 Å². The minimum absolute atomic E-state index is 0.00953. The van der Waals surface area contributed by atoms with Gasteiger partial charge in [-0.2, -0.15) is 0 Å². The number of anilines is 1. The van der Waals surface area contributed by atoms with Crippen LogP contribution in [0, 0.1) is 0 Å². The van der Waals surface area contributed by atoms with Gasteiger partial charge in [0.2, 0.25) is 5.91 Å². The Bertz CT molecular complexity index is 986. The topological polar surface area (TPSA) is 77.9 Å². The maximum Gasteiger partial charge on any atom is 0.303 e. The molecular formula is C26H30N2O4. The lowest BCUT2D eigenvalue weighted by molar-refractivity contribution is -0.142. The van der Waals surface area contributed by atoms with Gasteiger partial charge < -0.3 is 14.9 Å². The molecular weight excluding hydrogens is 404 g/mol. The predicted octanol–water partition coefficient (Wildman–Crippen LogP) is 4.80. The zero-order valence-electron chi connectivity index (χ0n) is 18.4. The Morgan fingerprint density at radius 2 is 1.69 bits per heavy atom. The van der Waals surface area contributed by atoms with Gasteiger partial charge in [-0.3, -0.25) is 14.4 Å². The molecule has 6 heteroatoms. The Kier molecular flexibility index (Phi) is 6.58. The van der Waals surface area contributed by atoms with Crippen molar-refractivity contribution < 1.29 is 19.5 Å². The van der Waals surface area contributed by atoms with E-state index in [4.69, 9.17) is 5.11 Å². The van der Waals surface area contributed by atoms with E-state index < -0.39 is 5.97 Å². The number of aliphatic carboxylic acids is 1. The summed E-state index contributed by atoms with van der Waals surface area (Å²) in [5.74, 6) is -1.08. The molecule has 0 saturated heterocycles. The Labute approximate surface area is 188 Å². The van der Waals surface area contributed by atoms with Crippen molar-refractivity contribution in [3.63, 3.8) is 0 Å². The molecule has 1 fully saturated rings. The highest BCUT2D eigenvalue weighted by Crippen LogP contribution is 2.46. The van der Waals surface area contributed by atoms with Gasteiger partial charge in [0.15, 0.2) is 0 Å². The van der Waals surface area contributed by atoms with E-state index in [9.17, 15) is 14.4 Å². The molecule has 2 aromatic rings. The number of carboxylic acid groups (broad SMARTS) is 1. The Morgan fingerprint density at radius 3 is 2.34 bits per heavy atom. The van der Waals surface area contributed by atoms with Gasteiger partial charge in [-0.15, -0.1) is 0 Å². The number of fused-ring (bicyclic) bond motifs is 1. The third-order valence-electron chi connectivity index (χ3n) is 6.39. The first-order valence-electron chi connectivity index (χ1n) is 11.5. The van der Waals surface area contributed by atoms with Crippen molar-refractivity contribution in [2.75, 3.05) is 4.90 Å². The van der Waals surface area contributed by atoms with E-state index in [0.29, 0.717) is 12.0 Å². The van der Waals surface area contributed by atoms with E-state index in [1.54, 1.807) is 0 Å². The predicted molar refractivity (Wildman–Crippen MR) is 122 cm³/mol. The minimum atomic E-state index is -0.957. The fourth-order valence-corrected chi connectivity index (χ4v) is 4.84. The number of hydrogen-bond acceptors (Lipinski definition) is 3. The molecule has 6 nitrogen and oxygen atoms in total. The molecule has 0 aromatic heterocycles. The molecule has 0 radical (unpaired) electrons. The average molecular weight is 435 g/mol. The van der Waals surface area contributed by atoms with Crippen LogP contribution in [0.4, 0.5) is 5.69 Å². The zero-order chi connectivity index (χ0) is 22.7. The van der Waals surface area contributed by atoms with E-state index in [1.165, 1.54) is 0 Å². The van der Waals surface area contributed by atoms with Crippen LogP contribution in [-0.2, 0) is 9.59 Å². The van der Waals surface area contributed by atoms with Crippen LogP contribution in [0.3, 0.4) is 0 Å². The molecule has 1 aliphatic heterocycles. The number of benzene rings is 2. The van der Waals surface area contributed by atoms with Crippen molar-refractivity contribution in [1.82, 2.24) is 4.90 Å². The van der Waals surface area contributed by atoms with Gasteiger partial charge in [0.1, 0.15) is 0 Å². The molecule has 2 aromatic carbocycles. The summed E-state index contributed by atoms with van der Waals surface area (Å²) in [6.07, 6.45) is 4.17. The van der Waals surface area contributed by atoms with Crippen LogP contribution < -0.4 is 4.90 Å². The highest BCUT2D eigenvalue weighted by molar-refractivity contribution is 6.07. The molecule has 0 spiro atoms. The number of rotatable bonds is 8. The summed E-state index contributed by atoms with van der Waals surface area (Å²) in [6.45, 7) is 2.11. The van der Waals surface area contributed by atoms with Gasteiger partial charge in [-0.1, -0.05) is 49.7 Å². The van der Waals surface area contributed by atoms with Crippen LogP contribution in [0.25, 0.3) is 0 Å². The average Bonchev–Trinajstić information content (AvgIpc) is 3.63. The second-order valence-electron chi connectivity index (χ2n) is 8.72. The lowest BCUT2D eigenvalue weighted by Gasteiger charge is -2.45. The molecule has 0 bridgehead atoms. The molecule has 2 atom stereocenters. The number of carbonyl (C=O) groups excluding carboxylic acids is 2. The maximum atomic E-state index is 13.6. The van der Waals surface area contributed by atoms with Crippen molar-refractivity contribution in [2.45, 2.75) is 70.0 Å². The number of hydrogen-bond donors (Lipinski definition) is 1. The van der Waals surface area contributed by atoms with Crippen LogP contribution >= 0.6 is 0 Å². The normalized spacial score (nSPS) is 19.8. The quantitative estimate of drug-likeness (QED) is 0.647. The number of nitrogens with zero attached hydrogens (tertiary/aromatic N) is 2. The molecule has 32 heavy (non-hydrogen) atoms. The first-order chi connectivity index (χ1) is 15.5. The zero-order valence-corrected chi connectivity index (χ0v) is 18.4. The Balaban J connectivity index is 1.72. The van der Waals surface area contributed by atoms with Crippen LogP contribution in [0.5, 0.6) is 0 Å². The number of carbonyl (C=O) groups is 3. The van der Waals surface area contributed by atoms with E-state index in [0.717, 1.165) is 36.9 Å². The Morgan fingerprint density at radius 1 is 1.00 bits per heavy atom. The molecule has 2 amide bonds. The minimum Gasteiger partial charge on any atom is -0.481 e. The fourth-order valence-electron chi connectivity index (χ4n) is 4.84.